The van der Waals surface area contributed by atoms with Crippen LogP contribution in [0, 0.1) is 0 Å². The van der Waals surface area contributed by atoms with Gasteiger partial charge < -0.3 is 15.6 Å². The van der Waals surface area contributed by atoms with Crippen LogP contribution in [0.1, 0.15) is 25.8 Å². The van der Waals surface area contributed by atoms with E-state index >= 15 is 0 Å². The van der Waals surface area contributed by atoms with Crippen molar-refractivity contribution in [2.75, 3.05) is 0 Å². The molecule has 0 saturated carbocycles. The fraction of sp³-hybridized carbons (Fsp3) is 0.417. The Morgan fingerprint density at radius 2 is 2.18 bits per heavy atom. The van der Waals surface area contributed by atoms with E-state index in [1.807, 2.05) is 0 Å². The average molecular weight is 256 g/mol. The summed E-state index contributed by atoms with van der Waals surface area (Å²) in [7, 11) is 0. The minimum atomic E-state index is -1.46. The standard InChI is InChI=1S/C12H14ClNO3/c1-11(2)6-12(14,10(15)16)7-4-3-5-8(13)9(7)17-11/h3-5H,6,14H2,1-2H3,(H,15,16). The van der Waals surface area contributed by atoms with Crippen molar-refractivity contribution in [3.05, 3.63) is 28.8 Å². The molecule has 1 aliphatic heterocycles. The molecule has 0 radical (unpaired) electrons. The largest absolute Gasteiger partial charge is 0.486 e. The third kappa shape index (κ3) is 1.87. The topological polar surface area (TPSA) is 72.6 Å². The van der Waals surface area contributed by atoms with Gasteiger partial charge in [-0.2, -0.15) is 0 Å². The molecule has 4 nitrogen and oxygen atoms in total. The summed E-state index contributed by atoms with van der Waals surface area (Å²) in [5.41, 5.74) is 4.33. The lowest BCUT2D eigenvalue weighted by Crippen LogP contribution is -2.54. The molecule has 1 aromatic carbocycles. The fourth-order valence-corrected chi connectivity index (χ4v) is 2.45. The summed E-state index contributed by atoms with van der Waals surface area (Å²) < 4.78 is 5.72. The molecular weight excluding hydrogens is 242 g/mol. The van der Waals surface area contributed by atoms with Crippen LogP contribution in [0.25, 0.3) is 0 Å². The van der Waals surface area contributed by atoms with Crippen molar-refractivity contribution in [2.45, 2.75) is 31.4 Å². The summed E-state index contributed by atoms with van der Waals surface area (Å²) in [4.78, 5) is 11.4. The quantitative estimate of drug-likeness (QED) is 0.806. The molecule has 1 aliphatic rings. The van der Waals surface area contributed by atoms with Crippen LogP contribution in [0.15, 0.2) is 18.2 Å². The van der Waals surface area contributed by atoms with Crippen LogP contribution in [-0.2, 0) is 10.3 Å². The number of hydrogen-bond donors (Lipinski definition) is 2. The third-order valence-electron chi connectivity index (χ3n) is 2.91. The van der Waals surface area contributed by atoms with Gasteiger partial charge in [-0.25, -0.2) is 4.79 Å². The molecule has 1 heterocycles. The Morgan fingerprint density at radius 1 is 1.53 bits per heavy atom. The van der Waals surface area contributed by atoms with Crippen LogP contribution in [0.4, 0.5) is 0 Å². The smallest absolute Gasteiger partial charge is 0.328 e. The van der Waals surface area contributed by atoms with E-state index in [2.05, 4.69) is 0 Å². The Labute approximate surface area is 104 Å². The first-order chi connectivity index (χ1) is 7.76. The van der Waals surface area contributed by atoms with Crippen molar-refractivity contribution in [1.29, 1.82) is 0 Å². The predicted octanol–water partition coefficient (Wildman–Crippen LogP) is 2.14. The lowest BCUT2D eigenvalue weighted by molar-refractivity contribution is -0.147. The van der Waals surface area contributed by atoms with Crippen LogP contribution in [0.3, 0.4) is 0 Å². The van der Waals surface area contributed by atoms with Crippen molar-refractivity contribution in [1.82, 2.24) is 0 Å². The second-order valence-electron chi connectivity index (χ2n) is 4.93. The molecule has 0 saturated heterocycles. The van der Waals surface area contributed by atoms with Crippen molar-refractivity contribution in [2.24, 2.45) is 5.73 Å². The van der Waals surface area contributed by atoms with Crippen molar-refractivity contribution in [3.8, 4) is 5.75 Å². The summed E-state index contributed by atoms with van der Waals surface area (Å²) in [6.07, 6.45) is 0.197. The molecule has 1 unspecified atom stereocenters. The summed E-state index contributed by atoms with van der Waals surface area (Å²) in [6, 6.07) is 4.97. The van der Waals surface area contributed by atoms with Gasteiger partial charge in [-0.3, -0.25) is 0 Å². The zero-order chi connectivity index (χ0) is 12.8. The van der Waals surface area contributed by atoms with Crippen molar-refractivity contribution >= 4 is 17.6 Å². The van der Waals surface area contributed by atoms with E-state index < -0.39 is 17.1 Å². The molecule has 0 aromatic heterocycles. The summed E-state index contributed by atoms with van der Waals surface area (Å²) in [6.45, 7) is 3.59. The molecule has 0 spiro atoms. The van der Waals surface area contributed by atoms with E-state index in [9.17, 15) is 9.90 Å². The zero-order valence-corrected chi connectivity index (χ0v) is 10.4. The number of rotatable bonds is 1. The number of nitrogens with two attached hydrogens (primary N) is 1. The predicted molar refractivity (Wildman–Crippen MR) is 64.3 cm³/mol. The molecule has 17 heavy (non-hydrogen) atoms. The maximum Gasteiger partial charge on any atom is 0.328 e. The molecule has 92 valence electrons. The average Bonchev–Trinajstić information content (AvgIpc) is 2.18. The molecule has 0 aliphatic carbocycles. The summed E-state index contributed by atoms with van der Waals surface area (Å²) in [5, 5.41) is 9.72. The van der Waals surface area contributed by atoms with E-state index in [0.717, 1.165) is 0 Å². The monoisotopic (exact) mass is 255 g/mol. The highest BCUT2D eigenvalue weighted by molar-refractivity contribution is 6.32. The molecule has 1 aromatic rings. The highest BCUT2D eigenvalue weighted by atomic mass is 35.5. The molecule has 1 atom stereocenters. The molecule has 0 bridgehead atoms. The summed E-state index contributed by atoms with van der Waals surface area (Å²) >= 11 is 6.03. The van der Waals surface area contributed by atoms with Gasteiger partial charge in [0.1, 0.15) is 16.9 Å². The normalized spacial score (nSPS) is 25.9. The number of carboxylic acid groups (broad SMARTS) is 1. The second kappa shape index (κ2) is 3.62. The number of carbonyl (C=O) groups is 1. The lowest BCUT2D eigenvalue weighted by atomic mass is 9.78. The number of halogens is 1. The van der Waals surface area contributed by atoms with Crippen molar-refractivity contribution < 1.29 is 14.6 Å². The van der Waals surface area contributed by atoms with E-state index in [1.54, 1.807) is 32.0 Å². The van der Waals surface area contributed by atoms with Crippen LogP contribution >= 0.6 is 11.6 Å². The van der Waals surface area contributed by atoms with Crippen LogP contribution in [-0.4, -0.2) is 16.7 Å². The van der Waals surface area contributed by atoms with Gasteiger partial charge in [-0.05, 0) is 19.9 Å². The Hall–Kier alpha value is -1.26. The van der Waals surface area contributed by atoms with E-state index in [0.29, 0.717) is 16.3 Å². The number of hydrogen-bond acceptors (Lipinski definition) is 3. The van der Waals surface area contributed by atoms with Gasteiger partial charge in [-0.1, -0.05) is 23.7 Å². The number of fused-ring (bicyclic) bond motifs is 1. The van der Waals surface area contributed by atoms with E-state index in [4.69, 9.17) is 22.1 Å². The lowest BCUT2D eigenvalue weighted by Gasteiger charge is -2.41. The van der Waals surface area contributed by atoms with E-state index in [-0.39, 0.29) is 6.42 Å². The Morgan fingerprint density at radius 3 is 2.76 bits per heavy atom. The number of carboxylic acids is 1. The maximum absolute atomic E-state index is 11.4. The van der Waals surface area contributed by atoms with Crippen LogP contribution in [0.2, 0.25) is 5.02 Å². The fourth-order valence-electron chi connectivity index (χ4n) is 2.23. The highest BCUT2D eigenvalue weighted by Crippen LogP contribution is 2.45. The van der Waals surface area contributed by atoms with E-state index in [1.165, 1.54) is 0 Å². The second-order valence-corrected chi connectivity index (χ2v) is 5.34. The maximum atomic E-state index is 11.4. The number of aliphatic carboxylic acids is 1. The molecule has 5 heteroatoms. The van der Waals surface area contributed by atoms with Crippen molar-refractivity contribution in [3.63, 3.8) is 0 Å². The van der Waals surface area contributed by atoms with Gasteiger partial charge in [-0.15, -0.1) is 0 Å². The van der Waals surface area contributed by atoms with Crippen LogP contribution < -0.4 is 10.5 Å². The van der Waals surface area contributed by atoms with Gasteiger partial charge >= 0.3 is 5.97 Å². The molecule has 3 N–H and O–H groups in total. The SMILES string of the molecule is CC1(C)CC(N)(C(=O)O)c2cccc(Cl)c2O1. The van der Waals surface area contributed by atoms with Gasteiger partial charge in [0.15, 0.2) is 0 Å². The zero-order valence-electron chi connectivity index (χ0n) is 9.66. The van der Waals surface area contributed by atoms with Gasteiger partial charge in [0.05, 0.1) is 5.02 Å². The Balaban J connectivity index is 2.68. The minimum absolute atomic E-state index is 0.197. The molecule has 0 fully saturated rings. The highest BCUT2D eigenvalue weighted by Gasteiger charge is 2.48. The first-order valence-electron chi connectivity index (χ1n) is 5.26. The first kappa shape index (κ1) is 12.2. The Bertz CT molecular complexity index is 487. The molecule has 0 amide bonds. The number of para-hydroxylation sites is 1. The number of benzene rings is 1. The minimum Gasteiger partial charge on any atom is -0.486 e. The molecular formula is C12H14ClNO3. The Kier molecular flexibility index (Phi) is 2.60. The molecule has 2 rings (SSSR count). The number of ether oxygens (including phenoxy) is 1. The summed E-state index contributed by atoms with van der Waals surface area (Å²) in [5.74, 6) is -0.701. The van der Waals surface area contributed by atoms with Crippen LogP contribution in [0.5, 0.6) is 5.75 Å². The third-order valence-corrected chi connectivity index (χ3v) is 3.21. The van der Waals surface area contributed by atoms with Gasteiger partial charge in [0, 0.05) is 12.0 Å². The van der Waals surface area contributed by atoms with Gasteiger partial charge in [0.2, 0.25) is 0 Å². The van der Waals surface area contributed by atoms with Gasteiger partial charge in [0.25, 0.3) is 0 Å². The first-order valence-corrected chi connectivity index (χ1v) is 5.64.